The molecule has 0 saturated heterocycles. The number of nitrogens with zero attached hydrogens (tertiary/aromatic N) is 2. The smallest absolute Gasteiger partial charge is 0.132 e. The van der Waals surface area contributed by atoms with Crippen LogP contribution < -0.4 is 5.73 Å². The lowest BCUT2D eigenvalue weighted by atomic mass is 10.0. The average Bonchev–Trinajstić information content (AvgIpc) is 2.71. The summed E-state index contributed by atoms with van der Waals surface area (Å²) in [5.41, 5.74) is 10.6. The Bertz CT molecular complexity index is 645. The number of nitrogen functional groups attached to an aromatic ring is 1. The third kappa shape index (κ3) is 2.34. The molecule has 98 valence electrons. The van der Waals surface area contributed by atoms with Gasteiger partial charge < -0.3 is 10.3 Å². The number of terminal acetylenes is 1. The predicted molar refractivity (Wildman–Crippen MR) is 79.8 cm³/mol. The van der Waals surface area contributed by atoms with Crippen LogP contribution in [0.4, 0.5) is 5.82 Å². The molecule has 0 fully saturated rings. The first-order valence-corrected chi connectivity index (χ1v) is 6.44. The number of hydrogen-bond donors (Lipinski definition) is 1. The maximum absolute atomic E-state index is 6.19. The van der Waals surface area contributed by atoms with E-state index in [2.05, 4.69) is 49.9 Å². The van der Waals surface area contributed by atoms with Crippen molar-refractivity contribution in [1.29, 1.82) is 0 Å². The molecule has 2 rings (SSSR count). The summed E-state index contributed by atoms with van der Waals surface area (Å²) in [5, 5.41) is 0. The van der Waals surface area contributed by atoms with Gasteiger partial charge in [0.25, 0.3) is 0 Å². The number of imidazole rings is 1. The maximum Gasteiger partial charge on any atom is 0.132 e. The summed E-state index contributed by atoms with van der Waals surface area (Å²) in [5.74, 6) is 4.21. The number of benzene rings is 1. The van der Waals surface area contributed by atoms with Gasteiger partial charge >= 0.3 is 0 Å². The van der Waals surface area contributed by atoms with E-state index in [4.69, 9.17) is 12.2 Å². The largest absolute Gasteiger partial charge is 0.383 e. The van der Waals surface area contributed by atoms with Crippen LogP contribution >= 0.6 is 0 Å². The quantitative estimate of drug-likeness (QED) is 0.855. The lowest BCUT2D eigenvalue weighted by molar-refractivity contribution is 0.769. The lowest BCUT2D eigenvalue weighted by Crippen LogP contribution is -2.05. The summed E-state index contributed by atoms with van der Waals surface area (Å²) in [6.07, 6.45) is 6.21. The molecule has 0 bridgehead atoms. The van der Waals surface area contributed by atoms with Gasteiger partial charge in [-0.15, -0.1) is 6.42 Å². The number of rotatable bonds is 3. The third-order valence-electron chi connectivity index (χ3n) is 3.43. The normalized spacial score (nSPS) is 10.4. The first-order valence-electron chi connectivity index (χ1n) is 6.44. The van der Waals surface area contributed by atoms with Crippen LogP contribution in [0, 0.1) is 26.2 Å². The van der Waals surface area contributed by atoms with Crippen LogP contribution in [-0.4, -0.2) is 9.55 Å². The molecule has 0 atom stereocenters. The summed E-state index contributed by atoms with van der Waals surface area (Å²) in [4.78, 5) is 4.63. The van der Waals surface area contributed by atoms with Crippen LogP contribution in [-0.2, 0) is 13.0 Å². The highest BCUT2D eigenvalue weighted by molar-refractivity contribution is 5.72. The zero-order chi connectivity index (χ0) is 14.0. The summed E-state index contributed by atoms with van der Waals surface area (Å²) in [7, 11) is 0. The van der Waals surface area contributed by atoms with Gasteiger partial charge in [-0.05, 0) is 31.0 Å². The molecule has 0 aliphatic rings. The minimum atomic E-state index is 0.465. The van der Waals surface area contributed by atoms with E-state index < -0.39 is 0 Å². The lowest BCUT2D eigenvalue weighted by Gasteiger charge is -2.05. The van der Waals surface area contributed by atoms with E-state index >= 15 is 0 Å². The number of aromatic nitrogens is 2. The summed E-state index contributed by atoms with van der Waals surface area (Å²) in [6, 6.07) is 6.27. The molecular weight excluding hydrogens is 234 g/mol. The number of aryl methyl sites for hydroxylation is 3. The Labute approximate surface area is 114 Å². The molecule has 0 amide bonds. The van der Waals surface area contributed by atoms with Crippen molar-refractivity contribution in [2.75, 3.05) is 5.73 Å². The molecule has 3 heteroatoms. The van der Waals surface area contributed by atoms with Gasteiger partial charge in [-0.1, -0.05) is 25.0 Å². The second-order valence-corrected chi connectivity index (χ2v) is 4.70. The fourth-order valence-corrected chi connectivity index (χ4v) is 2.15. The van der Waals surface area contributed by atoms with Crippen LogP contribution in [0.1, 0.15) is 23.9 Å². The number of hydrogen-bond acceptors (Lipinski definition) is 2. The number of anilines is 1. The summed E-state index contributed by atoms with van der Waals surface area (Å²) >= 11 is 0. The third-order valence-corrected chi connectivity index (χ3v) is 3.43. The van der Waals surface area contributed by atoms with Crippen molar-refractivity contribution in [3.63, 3.8) is 0 Å². The fourth-order valence-electron chi connectivity index (χ4n) is 2.15. The number of nitrogens with two attached hydrogens (primary N) is 1. The second kappa shape index (κ2) is 5.19. The van der Waals surface area contributed by atoms with Crippen molar-refractivity contribution in [2.24, 2.45) is 0 Å². The molecule has 0 unspecified atom stereocenters. The Kier molecular flexibility index (Phi) is 3.62. The highest BCUT2D eigenvalue weighted by Crippen LogP contribution is 2.28. The van der Waals surface area contributed by atoms with Gasteiger partial charge in [-0.25, -0.2) is 4.98 Å². The first-order chi connectivity index (χ1) is 9.08. The average molecular weight is 253 g/mol. The Morgan fingerprint density at radius 3 is 2.63 bits per heavy atom. The molecular formula is C16H19N3. The van der Waals surface area contributed by atoms with Gasteiger partial charge in [-0.3, -0.25) is 0 Å². The van der Waals surface area contributed by atoms with E-state index in [0.29, 0.717) is 12.4 Å². The van der Waals surface area contributed by atoms with E-state index in [9.17, 15) is 0 Å². The van der Waals surface area contributed by atoms with Crippen molar-refractivity contribution in [1.82, 2.24) is 9.55 Å². The predicted octanol–water partition coefficient (Wildman–Crippen LogP) is 2.94. The Morgan fingerprint density at radius 2 is 2.05 bits per heavy atom. The summed E-state index contributed by atoms with van der Waals surface area (Å²) < 4.78 is 1.91. The zero-order valence-electron chi connectivity index (χ0n) is 11.7. The van der Waals surface area contributed by atoms with Gasteiger partial charge in [0.1, 0.15) is 17.3 Å². The van der Waals surface area contributed by atoms with Gasteiger partial charge in [0, 0.05) is 12.0 Å². The van der Waals surface area contributed by atoms with Gasteiger partial charge in [0.15, 0.2) is 0 Å². The maximum atomic E-state index is 6.19. The molecule has 0 aliphatic heterocycles. The first kappa shape index (κ1) is 13.2. The molecule has 0 aliphatic carbocycles. The molecule has 0 radical (unpaired) electrons. The SMILES string of the molecule is C#CCn1c(CC)nc(-c2ccc(C)c(C)c2)c1N. The molecule has 1 aromatic heterocycles. The van der Waals surface area contributed by atoms with E-state index in [1.807, 2.05) is 4.57 Å². The van der Waals surface area contributed by atoms with Crippen molar-refractivity contribution >= 4 is 5.82 Å². The Hall–Kier alpha value is -2.21. The van der Waals surface area contributed by atoms with Crippen molar-refractivity contribution < 1.29 is 0 Å². The topological polar surface area (TPSA) is 43.8 Å². The molecule has 2 N–H and O–H groups in total. The zero-order valence-corrected chi connectivity index (χ0v) is 11.7. The van der Waals surface area contributed by atoms with Crippen molar-refractivity contribution in [2.45, 2.75) is 33.7 Å². The standard InChI is InChI=1S/C16H19N3/c1-5-9-19-14(6-2)18-15(16(19)17)13-8-7-11(3)12(4)10-13/h1,7-8,10H,6,9,17H2,2-4H3. The van der Waals surface area contributed by atoms with Crippen LogP contribution in [0.2, 0.25) is 0 Å². The monoisotopic (exact) mass is 253 g/mol. The molecule has 1 heterocycles. The molecule has 2 aromatic rings. The Morgan fingerprint density at radius 1 is 1.32 bits per heavy atom. The van der Waals surface area contributed by atoms with Gasteiger partial charge in [0.2, 0.25) is 0 Å². The fraction of sp³-hybridized carbons (Fsp3) is 0.312. The van der Waals surface area contributed by atoms with Crippen LogP contribution in [0.15, 0.2) is 18.2 Å². The molecule has 1 aromatic carbocycles. The summed E-state index contributed by atoms with van der Waals surface area (Å²) in [6.45, 7) is 6.71. The van der Waals surface area contributed by atoms with Crippen molar-refractivity contribution in [3.05, 3.63) is 35.2 Å². The van der Waals surface area contributed by atoms with Crippen LogP contribution in [0.25, 0.3) is 11.3 Å². The van der Waals surface area contributed by atoms with Crippen LogP contribution in [0.5, 0.6) is 0 Å². The highest BCUT2D eigenvalue weighted by atomic mass is 15.1. The minimum absolute atomic E-state index is 0.465. The highest BCUT2D eigenvalue weighted by Gasteiger charge is 2.14. The van der Waals surface area contributed by atoms with E-state index in [1.165, 1.54) is 11.1 Å². The second-order valence-electron chi connectivity index (χ2n) is 4.70. The van der Waals surface area contributed by atoms with E-state index in [-0.39, 0.29) is 0 Å². The molecule has 0 spiro atoms. The van der Waals surface area contributed by atoms with Gasteiger partial charge in [-0.2, -0.15) is 0 Å². The Balaban J connectivity index is 2.56. The van der Waals surface area contributed by atoms with E-state index in [0.717, 1.165) is 23.5 Å². The van der Waals surface area contributed by atoms with E-state index in [1.54, 1.807) is 0 Å². The van der Waals surface area contributed by atoms with Crippen LogP contribution in [0.3, 0.4) is 0 Å². The van der Waals surface area contributed by atoms with Crippen molar-refractivity contribution in [3.8, 4) is 23.6 Å². The molecule has 19 heavy (non-hydrogen) atoms. The minimum Gasteiger partial charge on any atom is -0.383 e. The van der Waals surface area contributed by atoms with Gasteiger partial charge in [0.05, 0.1) is 6.54 Å². The molecule has 3 nitrogen and oxygen atoms in total. The molecule has 0 saturated carbocycles.